The minimum atomic E-state index is -1.10. The molecule has 2 heteroatoms. The molecule has 0 bridgehead atoms. The van der Waals surface area contributed by atoms with E-state index in [4.69, 9.17) is 0 Å². The predicted molar refractivity (Wildman–Crippen MR) is 182 cm³/mol. The molecule has 206 valence electrons. The molecule has 44 heavy (non-hydrogen) atoms. The van der Waals surface area contributed by atoms with Gasteiger partial charge in [-0.1, -0.05) is 140 Å². The Hall–Kier alpha value is -5.57. The van der Waals surface area contributed by atoms with Crippen molar-refractivity contribution in [2.45, 2.75) is 6.10 Å². The lowest BCUT2D eigenvalue weighted by Gasteiger charge is -2.19. The van der Waals surface area contributed by atoms with Gasteiger partial charge in [-0.2, -0.15) is 0 Å². The van der Waals surface area contributed by atoms with E-state index in [0.29, 0.717) is 11.1 Å². The molecule has 0 radical (unpaired) electrons. The van der Waals surface area contributed by atoms with Crippen LogP contribution in [0.1, 0.15) is 22.0 Å². The first kappa shape index (κ1) is 25.0. The zero-order chi connectivity index (χ0) is 29.4. The van der Waals surface area contributed by atoms with Gasteiger partial charge in [0.15, 0.2) is 5.78 Å². The third kappa shape index (κ3) is 3.55. The molecular weight excluding hydrogens is 536 g/mol. The van der Waals surface area contributed by atoms with Crippen LogP contribution in [0.5, 0.6) is 0 Å². The molecule has 0 amide bonds. The predicted octanol–water partition coefficient (Wildman–Crippen LogP) is 10.5. The fourth-order valence-corrected chi connectivity index (χ4v) is 7.30. The standard InChI is InChI=1S/C42H26O2/c43-41-36-15-7-14-34-35(22-23-37(40(34)36)42(41)44)39-32-12-5-3-10-30(32)38(31-11-4-6-13-33(31)39)27-19-16-26(17-20-27)29-21-18-25-8-1-2-9-28(25)24-29/h1-24,42,44H. The number of aliphatic hydroxyl groups is 1. The monoisotopic (exact) mass is 562 g/mol. The van der Waals surface area contributed by atoms with Crippen molar-refractivity contribution >= 4 is 48.9 Å². The van der Waals surface area contributed by atoms with Crippen molar-refractivity contribution in [2.75, 3.05) is 0 Å². The van der Waals surface area contributed by atoms with Gasteiger partial charge in [0.1, 0.15) is 6.10 Å². The first-order chi connectivity index (χ1) is 21.7. The molecule has 1 unspecified atom stereocenters. The molecular formula is C42H26O2. The van der Waals surface area contributed by atoms with Crippen LogP contribution in [-0.4, -0.2) is 10.9 Å². The SMILES string of the molecule is O=C1c2cccc3c(-c4c5ccccc5c(-c5ccc(-c6ccc7ccccc7c6)cc5)c5ccccc45)ccc(c23)C1O. The van der Waals surface area contributed by atoms with Crippen molar-refractivity contribution in [2.24, 2.45) is 0 Å². The fourth-order valence-electron chi connectivity index (χ4n) is 7.30. The molecule has 1 atom stereocenters. The van der Waals surface area contributed by atoms with Gasteiger partial charge in [0.25, 0.3) is 0 Å². The van der Waals surface area contributed by atoms with Crippen LogP contribution in [0.3, 0.4) is 0 Å². The second-order valence-corrected chi connectivity index (χ2v) is 11.7. The number of carbonyl (C=O) groups excluding carboxylic acids is 1. The van der Waals surface area contributed by atoms with Gasteiger partial charge in [-0.25, -0.2) is 0 Å². The lowest BCUT2D eigenvalue weighted by molar-refractivity contribution is 0.0766. The molecule has 8 aromatic carbocycles. The summed E-state index contributed by atoms with van der Waals surface area (Å²) in [5.41, 5.74) is 8.28. The van der Waals surface area contributed by atoms with Crippen molar-refractivity contribution in [1.29, 1.82) is 0 Å². The summed E-state index contributed by atoms with van der Waals surface area (Å²) in [5, 5.41) is 19.7. The molecule has 0 heterocycles. The van der Waals surface area contributed by atoms with E-state index in [2.05, 4.69) is 127 Å². The average molecular weight is 563 g/mol. The third-order valence-corrected chi connectivity index (χ3v) is 9.34. The summed E-state index contributed by atoms with van der Waals surface area (Å²) < 4.78 is 0. The third-order valence-electron chi connectivity index (χ3n) is 9.34. The van der Waals surface area contributed by atoms with Crippen LogP contribution in [0.15, 0.2) is 146 Å². The summed E-state index contributed by atoms with van der Waals surface area (Å²) in [4.78, 5) is 12.9. The van der Waals surface area contributed by atoms with Gasteiger partial charge in [0.2, 0.25) is 0 Å². The maximum absolute atomic E-state index is 12.9. The molecule has 1 aliphatic rings. The Morgan fingerprint density at radius 3 is 1.70 bits per heavy atom. The summed E-state index contributed by atoms with van der Waals surface area (Å²) in [6.07, 6.45) is -1.10. The van der Waals surface area contributed by atoms with Crippen molar-refractivity contribution in [3.8, 4) is 33.4 Å². The largest absolute Gasteiger partial charge is 0.380 e. The van der Waals surface area contributed by atoms with E-state index >= 15 is 0 Å². The maximum atomic E-state index is 12.9. The highest BCUT2D eigenvalue weighted by Crippen LogP contribution is 2.48. The first-order valence-electron chi connectivity index (χ1n) is 15.0. The molecule has 0 fully saturated rings. The Morgan fingerprint density at radius 1 is 0.432 bits per heavy atom. The molecule has 0 spiro atoms. The summed E-state index contributed by atoms with van der Waals surface area (Å²) in [5.74, 6) is -0.222. The minimum absolute atomic E-state index is 0.222. The number of benzene rings is 8. The van der Waals surface area contributed by atoms with Crippen LogP contribution in [0.2, 0.25) is 0 Å². The molecule has 1 aliphatic carbocycles. The number of hydrogen-bond donors (Lipinski definition) is 1. The average Bonchev–Trinajstić information content (AvgIpc) is 3.33. The Balaban J connectivity index is 1.28. The van der Waals surface area contributed by atoms with Crippen LogP contribution >= 0.6 is 0 Å². The second kappa shape index (κ2) is 9.47. The first-order valence-corrected chi connectivity index (χ1v) is 15.0. The molecule has 0 aromatic heterocycles. The molecule has 0 aliphatic heterocycles. The molecule has 0 saturated heterocycles. The summed E-state index contributed by atoms with van der Waals surface area (Å²) in [6.45, 7) is 0. The van der Waals surface area contributed by atoms with Crippen LogP contribution in [0.25, 0.3) is 76.5 Å². The number of carbonyl (C=O) groups is 1. The van der Waals surface area contributed by atoms with Crippen LogP contribution in [0, 0.1) is 0 Å². The van der Waals surface area contributed by atoms with Gasteiger partial charge in [-0.05, 0) is 88.1 Å². The van der Waals surface area contributed by atoms with Crippen LogP contribution < -0.4 is 0 Å². The number of rotatable bonds is 3. The summed E-state index contributed by atoms with van der Waals surface area (Å²) in [6, 6.07) is 51.1. The second-order valence-electron chi connectivity index (χ2n) is 11.7. The quantitative estimate of drug-likeness (QED) is 0.218. The van der Waals surface area contributed by atoms with Gasteiger partial charge in [0.05, 0.1) is 0 Å². The van der Waals surface area contributed by atoms with Crippen LogP contribution in [0.4, 0.5) is 0 Å². The Labute approximate surface area is 254 Å². The Bertz CT molecular complexity index is 2410. The van der Waals surface area contributed by atoms with Crippen molar-refractivity contribution in [3.05, 3.63) is 157 Å². The zero-order valence-corrected chi connectivity index (χ0v) is 23.8. The molecule has 8 aromatic rings. The fraction of sp³-hybridized carbons (Fsp3) is 0.0238. The number of Topliss-reactive ketones (excluding diaryl/α,β-unsaturated/α-hetero) is 1. The summed E-state index contributed by atoms with van der Waals surface area (Å²) in [7, 11) is 0. The molecule has 9 rings (SSSR count). The Kier molecular flexibility index (Phi) is 5.37. The number of aliphatic hydroxyl groups excluding tert-OH is 1. The number of hydrogen-bond acceptors (Lipinski definition) is 2. The van der Waals surface area contributed by atoms with E-state index in [1.807, 2.05) is 18.2 Å². The van der Waals surface area contributed by atoms with E-state index in [1.54, 1.807) is 0 Å². The van der Waals surface area contributed by atoms with E-state index in [9.17, 15) is 9.90 Å². The van der Waals surface area contributed by atoms with E-state index < -0.39 is 6.10 Å². The lowest BCUT2D eigenvalue weighted by Crippen LogP contribution is -2.03. The number of ketones is 1. The minimum Gasteiger partial charge on any atom is -0.380 e. The van der Waals surface area contributed by atoms with Gasteiger partial charge >= 0.3 is 0 Å². The van der Waals surface area contributed by atoms with E-state index in [1.165, 1.54) is 43.8 Å². The van der Waals surface area contributed by atoms with Crippen LogP contribution in [-0.2, 0) is 0 Å². The zero-order valence-electron chi connectivity index (χ0n) is 23.8. The van der Waals surface area contributed by atoms with Crippen molar-refractivity contribution in [3.63, 3.8) is 0 Å². The summed E-state index contributed by atoms with van der Waals surface area (Å²) >= 11 is 0. The topological polar surface area (TPSA) is 37.3 Å². The van der Waals surface area contributed by atoms with Crippen molar-refractivity contribution < 1.29 is 9.90 Å². The highest BCUT2D eigenvalue weighted by molar-refractivity contribution is 6.26. The van der Waals surface area contributed by atoms with Gasteiger partial charge in [-0.3, -0.25) is 4.79 Å². The smallest absolute Gasteiger partial charge is 0.196 e. The van der Waals surface area contributed by atoms with E-state index in [-0.39, 0.29) is 5.78 Å². The highest BCUT2D eigenvalue weighted by Gasteiger charge is 2.32. The van der Waals surface area contributed by atoms with Crippen molar-refractivity contribution in [1.82, 2.24) is 0 Å². The lowest BCUT2D eigenvalue weighted by atomic mass is 9.84. The highest BCUT2D eigenvalue weighted by atomic mass is 16.3. The molecule has 2 nitrogen and oxygen atoms in total. The normalized spacial score (nSPS) is 14.3. The molecule has 1 N–H and O–H groups in total. The van der Waals surface area contributed by atoms with Gasteiger partial charge in [0, 0.05) is 5.56 Å². The molecule has 0 saturated carbocycles. The van der Waals surface area contributed by atoms with Gasteiger partial charge in [-0.15, -0.1) is 0 Å². The van der Waals surface area contributed by atoms with Gasteiger partial charge < -0.3 is 5.11 Å². The maximum Gasteiger partial charge on any atom is 0.196 e. The Morgan fingerprint density at radius 2 is 1.00 bits per heavy atom. The number of fused-ring (bicyclic) bond motifs is 3. The van der Waals surface area contributed by atoms with E-state index in [0.717, 1.165) is 32.7 Å².